The minimum atomic E-state index is -0.381. The molecular formula is C17H13NO3. The first-order valence-electron chi connectivity index (χ1n) is 6.96. The molecule has 0 radical (unpaired) electrons. The van der Waals surface area contributed by atoms with Gasteiger partial charge in [0.15, 0.2) is 0 Å². The predicted octanol–water partition coefficient (Wildman–Crippen LogP) is 3.03. The second-order valence-electron chi connectivity index (χ2n) is 5.24. The molecule has 2 heterocycles. The number of rotatable bonds is 1. The van der Waals surface area contributed by atoms with E-state index in [4.69, 9.17) is 4.74 Å². The van der Waals surface area contributed by atoms with Gasteiger partial charge in [0, 0.05) is 24.0 Å². The highest BCUT2D eigenvalue weighted by Crippen LogP contribution is 2.46. The van der Waals surface area contributed by atoms with Crippen molar-refractivity contribution in [3.8, 4) is 11.5 Å². The SMILES string of the molecule is O=C1CCC(=O)N1C1c2ccccc2Oc2ccccc21. The van der Waals surface area contributed by atoms with Crippen LogP contribution < -0.4 is 4.74 Å². The van der Waals surface area contributed by atoms with Gasteiger partial charge in [-0.2, -0.15) is 0 Å². The summed E-state index contributed by atoms with van der Waals surface area (Å²) < 4.78 is 5.89. The fourth-order valence-electron chi connectivity index (χ4n) is 3.04. The van der Waals surface area contributed by atoms with Gasteiger partial charge < -0.3 is 4.74 Å². The second kappa shape index (κ2) is 4.45. The van der Waals surface area contributed by atoms with Gasteiger partial charge in [0.2, 0.25) is 11.8 Å². The Balaban J connectivity index is 1.93. The van der Waals surface area contributed by atoms with Gasteiger partial charge in [0.1, 0.15) is 11.5 Å². The molecule has 104 valence electrons. The topological polar surface area (TPSA) is 46.6 Å². The van der Waals surface area contributed by atoms with E-state index in [2.05, 4.69) is 0 Å². The Kier molecular flexibility index (Phi) is 2.57. The molecule has 0 aliphatic carbocycles. The quantitative estimate of drug-likeness (QED) is 0.754. The van der Waals surface area contributed by atoms with E-state index in [-0.39, 0.29) is 17.9 Å². The molecule has 2 amide bonds. The third kappa shape index (κ3) is 1.76. The fraction of sp³-hybridized carbons (Fsp3) is 0.176. The molecule has 0 N–H and O–H groups in total. The maximum atomic E-state index is 12.2. The Labute approximate surface area is 121 Å². The van der Waals surface area contributed by atoms with E-state index in [0.29, 0.717) is 24.3 Å². The van der Waals surface area contributed by atoms with Crippen LogP contribution in [-0.4, -0.2) is 16.7 Å². The summed E-state index contributed by atoms with van der Waals surface area (Å²) in [6, 6.07) is 14.7. The lowest BCUT2D eigenvalue weighted by atomic mass is 9.93. The molecule has 4 rings (SSSR count). The standard InChI is InChI=1S/C17H13NO3/c19-15-9-10-16(20)18(15)17-11-5-1-3-7-13(11)21-14-8-4-2-6-12(14)17/h1-8,17H,9-10H2. The maximum absolute atomic E-state index is 12.2. The minimum Gasteiger partial charge on any atom is -0.457 e. The highest BCUT2D eigenvalue weighted by Gasteiger charge is 2.40. The second-order valence-corrected chi connectivity index (χ2v) is 5.24. The summed E-state index contributed by atoms with van der Waals surface area (Å²) in [5.74, 6) is 1.18. The third-order valence-electron chi connectivity index (χ3n) is 4.00. The number of para-hydroxylation sites is 2. The third-order valence-corrected chi connectivity index (χ3v) is 4.00. The lowest BCUT2D eigenvalue weighted by Gasteiger charge is -2.33. The number of carbonyl (C=O) groups is 2. The first-order chi connectivity index (χ1) is 10.3. The van der Waals surface area contributed by atoms with Crippen LogP contribution >= 0.6 is 0 Å². The van der Waals surface area contributed by atoms with Crippen molar-refractivity contribution in [2.45, 2.75) is 18.9 Å². The average Bonchev–Trinajstić information content (AvgIpc) is 2.84. The van der Waals surface area contributed by atoms with E-state index in [9.17, 15) is 9.59 Å². The van der Waals surface area contributed by atoms with Crippen molar-refractivity contribution in [1.29, 1.82) is 0 Å². The van der Waals surface area contributed by atoms with Crippen molar-refractivity contribution < 1.29 is 14.3 Å². The van der Waals surface area contributed by atoms with E-state index in [0.717, 1.165) is 11.1 Å². The molecule has 0 bridgehead atoms. The Morgan fingerprint density at radius 2 is 1.29 bits per heavy atom. The molecule has 0 spiro atoms. The number of nitrogens with zero attached hydrogens (tertiary/aromatic N) is 1. The molecule has 4 nitrogen and oxygen atoms in total. The van der Waals surface area contributed by atoms with E-state index < -0.39 is 0 Å². The molecule has 1 fully saturated rings. The van der Waals surface area contributed by atoms with Crippen LogP contribution in [0.1, 0.15) is 30.0 Å². The molecule has 0 atom stereocenters. The number of likely N-dealkylation sites (tertiary alicyclic amines) is 1. The highest BCUT2D eigenvalue weighted by atomic mass is 16.5. The number of amides is 2. The largest absolute Gasteiger partial charge is 0.457 e. The number of hydrogen-bond acceptors (Lipinski definition) is 3. The van der Waals surface area contributed by atoms with Gasteiger partial charge in [-0.3, -0.25) is 14.5 Å². The number of imide groups is 1. The number of carbonyl (C=O) groups excluding carboxylic acids is 2. The molecule has 2 aromatic carbocycles. The molecule has 0 aromatic heterocycles. The zero-order chi connectivity index (χ0) is 14.4. The molecule has 0 saturated carbocycles. The van der Waals surface area contributed by atoms with Gasteiger partial charge in [0.25, 0.3) is 0 Å². The number of ether oxygens (including phenoxy) is 1. The zero-order valence-corrected chi connectivity index (χ0v) is 11.3. The number of benzene rings is 2. The average molecular weight is 279 g/mol. The van der Waals surface area contributed by atoms with Crippen molar-refractivity contribution in [2.75, 3.05) is 0 Å². The van der Waals surface area contributed by atoms with Crippen LogP contribution in [0.25, 0.3) is 0 Å². The van der Waals surface area contributed by atoms with E-state index in [1.54, 1.807) is 0 Å². The summed E-state index contributed by atoms with van der Waals surface area (Å²) in [4.78, 5) is 25.7. The molecule has 1 saturated heterocycles. The van der Waals surface area contributed by atoms with Gasteiger partial charge in [-0.25, -0.2) is 0 Å². The summed E-state index contributed by atoms with van der Waals surface area (Å²) in [7, 11) is 0. The van der Waals surface area contributed by atoms with Crippen LogP contribution in [-0.2, 0) is 9.59 Å². The molecular weight excluding hydrogens is 266 g/mol. The Morgan fingerprint density at radius 1 is 0.810 bits per heavy atom. The van der Waals surface area contributed by atoms with Crippen LogP contribution in [0.3, 0.4) is 0 Å². The molecule has 21 heavy (non-hydrogen) atoms. The van der Waals surface area contributed by atoms with Crippen LogP contribution in [0, 0.1) is 0 Å². The van der Waals surface area contributed by atoms with Crippen LogP contribution in [0.15, 0.2) is 48.5 Å². The maximum Gasteiger partial charge on any atom is 0.230 e. The van der Waals surface area contributed by atoms with Crippen molar-refractivity contribution >= 4 is 11.8 Å². The highest BCUT2D eigenvalue weighted by molar-refractivity contribution is 6.03. The first kappa shape index (κ1) is 12.1. The van der Waals surface area contributed by atoms with Gasteiger partial charge in [0.05, 0.1) is 6.04 Å². The van der Waals surface area contributed by atoms with Crippen molar-refractivity contribution in [2.24, 2.45) is 0 Å². The minimum absolute atomic E-state index is 0.114. The molecule has 2 aromatic rings. The predicted molar refractivity (Wildman–Crippen MR) is 75.9 cm³/mol. The Bertz CT molecular complexity index is 692. The molecule has 2 aliphatic heterocycles. The van der Waals surface area contributed by atoms with E-state index >= 15 is 0 Å². The summed E-state index contributed by atoms with van der Waals surface area (Å²) in [5.41, 5.74) is 1.72. The zero-order valence-electron chi connectivity index (χ0n) is 11.3. The van der Waals surface area contributed by atoms with Gasteiger partial charge >= 0.3 is 0 Å². The lowest BCUT2D eigenvalue weighted by molar-refractivity contribution is -0.140. The van der Waals surface area contributed by atoms with Crippen LogP contribution in [0.2, 0.25) is 0 Å². The monoisotopic (exact) mass is 279 g/mol. The van der Waals surface area contributed by atoms with Gasteiger partial charge in [-0.1, -0.05) is 36.4 Å². The van der Waals surface area contributed by atoms with Crippen LogP contribution in [0.5, 0.6) is 11.5 Å². The van der Waals surface area contributed by atoms with Gasteiger partial charge in [-0.05, 0) is 12.1 Å². The van der Waals surface area contributed by atoms with Gasteiger partial charge in [-0.15, -0.1) is 0 Å². The Morgan fingerprint density at radius 3 is 1.81 bits per heavy atom. The smallest absolute Gasteiger partial charge is 0.230 e. The van der Waals surface area contributed by atoms with Crippen molar-refractivity contribution in [3.05, 3.63) is 59.7 Å². The lowest BCUT2D eigenvalue weighted by Crippen LogP contribution is -2.35. The van der Waals surface area contributed by atoms with Crippen molar-refractivity contribution in [1.82, 2.24) is 4.90 Å². The molecule has 4 heteroatoms. The summed E-state index contributed by atoms with van der Waals surface area (Å²) in [6.07, 6.45) is 0.584. The number of fused-ring (bicyclic) bond motifs is 2. The summed E-state index contributed by atoms with van der Waals surface area (Å²) in [5, 5.41) is 0. The number of hydrogen-bond donors (Lipinski definition) is 0. The van der Waals surface area contributed by atoms with Crippen LogP contribution in [0.4, 0.5) is 0 Å². The molecule has 2 aliphatic rings. The van der Waals surface area contributed by atoms with E-state index in [1.165, 1.54) is 4.90 Å². The first-order valence-corrected chi connectivity index (χ1v) is 6.96. The summed E-state index contributed by atoms with van der Waals surface area (Å²) >= 11 is 0. The summed E-state index contributed by atoms with van der Waals surface area (Å²) in [6.45, 7) is 0. The molecule has 0 unspecified atom stereocenters. The fourth-order valence-corrected chi connectivity index (χ4v) is 3.04. The van der Waals surface area contributed by atoms with Crippen molar-refractivity contribution in [3.63, 3.8) is 0 Å². The Hall–Kier alpha value is -2.62. The normalized spacial score (nSPS) is 17.4. The van der Waals surface area contributed by atoms with E-state index in [1.807, 2.05) is 48.5 Å².